The highest BCUT2D eigenvalue weighted by Crippen LogP contribution is 2.38. The zero-order chi connectivity index (χ0) is 50.5. The van der Waals surface area contributed by atoms with Crippen LogP contribution in [0.15, 0.2) is 182 Å². The third-order valence-corrected chi connectivity index (χ3v) is 13.0. The van der Waals surface area contributed by atoms with Crippen molar-refractivity contribution in [2.24, 2.45) is 0 Å². The van der Waals surface area contributed by atoms with Gasteiger partial charge in [0.25, 0.3) is 0 Å². The van der Waals surface area contributed by atoms with Crippen molar-refractivity contribution in [1.82, 2.24) is 0 Å². The molecule has 8 rings (SSSR count). The Balaban J connectivity index is 0.000000294. The van der Waals surface area contributed by atoms with Gasteiger partial charge in [-0.25, -0.2) is 0 Å². The van der Waals surface area contributed by atoms with Crippen molar-refractivity contribution >= 4 is 29.0 Å². The maximum atomic E-state index is 11.3. The van der Waals surface area contributed by atoms with Crippen LogP contribution < -0.4 is 23.8 Å². The molecule has 0 bridgehead atoms. The molecule has 0 aromatic heterocycles. The minimum Gasteiger partial charge on any atom is -0.497 e. The number of benzene rings is 8. The molecule has 0 N–H and O–H groups in total. The van der Waals surface area contributed by atoms with Crippen LogP contribution in [0.3, 0.4) is 0 Å². The Morgan fingerprint density at radius 2 is 0.775 bits per heavy atom. The van der Waals surface area contributed by atoms with E-state index >= 15 is 0 Å². The molecule has 0 unspecified atom stereocenters. The first-order chi connectivity index (χ1) is 34.2. The van der Waals surface area contributed by atoms with Crippen LogP contribution >= 0.6 is 0 Å². The Morgan fingerprint density at radius 3 is 1.15 bits per heavy atom. The maximum absolute atomic E-state index is 11.3. The molecule has 0 atom stereocenters. The summed E-state index contributed by atoms with van der Waals surface area (Å²) in [7, 11) is 3.36. The molecule has 0 fully saturated rings. The van der Waals surface area contributed by atoms with Gasteiger partial charge in [0, 0.05) is 36.3 Å². The van der Waals surface area contributed by atoms with Crippen molar-refractivity contribution in [2.45, 2.75) is 79.6 Å². The molecule has 0 spiro atoms. The van der Waals surface area contributed by atoms with Crippen LogP contribution in [0, 0.1) is 20.8 Å². The summed E-state index contributed by atoms with van der Waals surface area (Å²) in [4.78, 5) is 24.6. The number of carbonyl (C=O) groups excluding carboxylic acids is 2. The largest absolute Gasteiger partial charge is 0.497 e. The number of anilines is 3. The molecule has 0 saturated carbocycles. The zero-order valence-electron chi connectivity index (χ0n) is 42.5. The third-order valence-electron chi connectivity index (χ3n) is 13.0. The minimum atomic E-state index is -0.308. The molecule has 0 aliphatic heterocycles. The molecule has 8 aromatic carbocycles. The van der Waals surface area contributed by atoms with Crippen LogP contribution in [0.5, 0.6) is 23.0 Å². The molecule has 0 aliphatic carbocycles. The van der Waals surface area contributed by atoms with E-state index in [0.717, 1.165) is 59.8 Å². The van der Waals surface area contributed by atoms with Crippen LogP contribution in [0.1, 0.15) is 77.8 Å². The number of carbonyl (C=O) groups is 2. The summed E-state index contributed by atoms with van der Waals surface area (Å²) in [5.74, 6) is 2.26. The average molecular weight is 944 g/mol. The zero-order valence-corrected chi connectivity index (χ0v) is 42.5. The predicted octanol–water partition coefficient (Wildman–Crippen LogP) is 15.2. The smallest absolute Gasteiger partial charge is 0.308 e. The number of esters is 2. The van der Waals surface area contributed by atoms with E-state index < -0.39 is 0 Å². The van der Waals surface area contributed by atoms with Crippen molar-refractivity contribution in [3.8, 4) is 34.1 Å². The highest BCUT2D eigenvalue weighted by Gasteiger charge is 2.23. The molecule has 0 amide bonds. The van der Waals surface area contributed by atoms with Gasteiger partial charge in [0.2, 0.25) is 0 Å². The van der Waals surface area contributed by atoms with Gasteiger partial charge in [-0.1, -0.05) is 116 Å². The van der Waals surface area contributed by atoms with Gasteiger partial charge in [-0.3, -0.25) is 9.59 Å². The van der Waals surface area contributed by atoms with Crippen molar-refractivity contribution in [2.75, 3.05) is 19.1 Å². The van der Waals surface area contributed by atoms with E-state index in [1.807, 2.05) is 72.8 Å². The van der Waals surface area contributed by atoms with Crippen LogP contribution in [0.4, 0.5) is 17.1 Å². The molecule has 0 heterocycles. The third kappa shape index (κ3) is 13.7. The number of methoxy groups -OCH3 is 2. The van der Waals surface area contributed by atoms with Gasteiger partial charge in [-0.05, 0) is 187 Å². The molecular formula is C64H65NO6. The van der Waals surface area contributed by atoms with Crippen molar-refractivity contribution in [1.29, 1.82) is 0 Å². The highest BCUT2D eigenvalue weighted by atomic mass is 16.5. The summed E-state index contributed by atoms with van der Waals surface area (Å²) in [5, 5.41) is 0. The van der Waals surface area contributed by atoms with Crippen LogP contribution in [-0.2, 0) is 40.7 Å². The number of rotatable bonds is 16. The summed E-state index contributed by atoms with van der Waals surface area (Å²) < 4.78 is 20.8. The lowest BCUT2D eigenvalue weighted by Crippen LogP contribution is -2.18. The fourth-order valence-electron chi connectivity index (χ4n) is 8.72. The van der Waals surface area contributed by atoms with Gasteiger partial charge >= 0.3 is 11.9 Å². The lowest BCUT2D eigenvalue weighted by Gasteiger charge is -2.27. The molecule has 0 radical (unpaired) electrons. The Bertz CT molecular complexity index is 3010. The predicted molar refractivity (Wildman–Crippen MR) is 289 cm³/mol. The van der Waals surface area contributed by atoms with Crippen LogP contribution in [-0.4, -0.2) is 26.2 Å². The standard InChI is InChI=1S/C46H45NO3.C18H20O3/c1-32-6-14-40(15-7-32)41-20-22-42(23-21-41)47(43-24-18-38(33(2)30-43)16-8-36-10-26-45(49-5)27-11-36)44-25-19-39(34(3)31-44)17-9-37-12-28-46(29-13-37)50-35(4)48;1-13(19)21-17-11-7-15(8-12-17)18(2,3)14-5-9-16(20-4)10-6-14/h6-7,10-15,18-31H,8-9,16-17H2,1-5H3;5-12H,1-4H3. The Labute approximate surface area is 420 Å². The van der Waals surface area contributed by atoms with E-state index in [2.05, 4.69) is 149 Å². The molecular weight excluding hydrogens is 879 g/mol. The topological polar surface area (TPSA) is 74.3 Å². The van der Waals surface area contributed by atoms with Crippen LogP contribution in [0.2, 0.25) is 0 Å². The first-order valence-electron chi connectivity index (χ1n) is 24.2. The van der Waals surface area contributed by atoms with Crippen molar-refractivity contribution in [3.05, 3.63) is 232 Å². The van der Waals surface area contributed by atoms with Gasteiger partial charge in [0.15, 0.2) is 0 Å². The summed E-state index contributed by atoms with van der Waals surface area (Å²) in [6.45, 7) is 13.7. The summed E-state index contributed by atoms with van der Waals surface area (Å²) in [5.41, 5.74) is 17.0. The number of hydrogen-bond acceptors (Lipinski definition) is 7. The van der Waals surface area contributed by atoms with Crippen LogP contribution in [0.25, 0.3) is 11.1 Å². The first kappa shape index (κ1) is 51.0. The summed E-state index contributed by atoms with van der Waals surface area (Å²) in [6, 6.07) is 63.1. The van der Waals surface area contributed by atoms with Gasteiger partial charge in [0.1, 0.15) is 23.0 Å². The first-order valence-corrected chi connectivity index (χ1v) is 24.2. The molecule has 7 nitrogen and oxygen atoms in total. The second-order valence-corrected chi connectivity index (χ2v) is 18.5. The second-order valence-electron chi connectivity index (χ2n) is 18.5. The lowest BCUT2D eigenvalue weighted by atomic mass is 9.78. The number of hydrogen-bond donors (Lipinski definition) is 0. The van der Waals surface area contributed by atoms with E-state index in [4.69, 9.17) is 18.9 Å². The van der Waals surface area contributed by atoms with Gasteiger partial charge in [-0.2, -0.15) is 0 Å². The lowest BCUT2D eigenvalue weighted by molar-refractivity contribution is -0.132. The van der Waals surface area contributed by atoms with Crippen molar-refractivity contribution in [3.63, 3.8) is 0 Å². The minimum absolute atomic E-state index is 0.138. The Hall–Kier alpha value is -7.90. The number of nitrogens with zero attached hydrogens (tertiary/aromatic N) is 1. The quantitative estimate of drug-likeness (QED) is 0.0705. The number of ether oxygens (including phenoxy) is 4. The Morgan fingerprint density at radius 1 is 0.423 bits per heavy atom. The fourth-order valence-corrected chi connectivity index (χ4v) is 8.72. The normalized spacial score (nSPS) is 10.9. The highest BCUT2D eigenvalue weighted by molar-refractivity contribution is 5.79. The molecule has 71 heavy (non-hydrogen) atoms. The van der Waals surface area contributed by atoms with Crippen molar-refractivity contribution < 1.29 is 28.5 Å². The Kier molecular flexibility index (Phi) is 16.9. The number of aryl methyl sites for hydroxylation is 7. The second kappa shape index (κ2) is 23.6. The fraction of sp³-hybridized carbons (Fsp3) is 0.219. The van der Waals surface area contributed by atoms with E-state index in [-0.39, 0.29) is 17.4 Å². The molecule has 8 aromatic rings. The van der Waals surface area contributed by atoms with E-state index in [0.29, 0.717) is 11.5 Å². The van der Waals surface area contributed by atoms with Gasteiger partial charge in [-0.15, -0.1) is 0 Å². The SMILES string of the molecule is COc1ccc(C(C)(C)c2ccc(OC(C)=O)cc2)cc1.COc1ccc(CCc2ccc(N(c3ccc(-c4ccc(C)cc4)cc3)c3ccc(CCc4ccc(OC(C)=O)cc4)c(C)c3)cc2C)cc1. The monoisotopic (exact) mass is 943 g/mol. The van der Waals surface area contributed by atoms with Gasteiger partial charge in [0.05, 0.1) is 14.2 Å². The molecule has 0 aliphatic rings. The van der Waals surface area contributed by atoms with E-state index in [9.17, 15) is 9.59 Å². The average Bonchev–Trinajstić information content (AvgIpc) is 3.37. The van der Waals surface area contributed by atoms with Gasteiger partial charge < -0.3 is 23.8 Å². The molecule has 7 heteroatoms. The summed E-state index contributed by atoms with van der Waals surface area (Å²) >= 11 is 0. The molecule has 362 valence electrons. The van der Waals surface area contributed by atoms with E-state index in [1.165, 1.54) is 69.5 Å². The maximum Gasteiger partial charge on any atom is 0.308 e. The molecule has 0 saturated heterocycles. The van der Waals surface area contributed by atoms with E-state index in [1.54, 1.807) is 14.2 Å². The summed E-state index contributed by atoms with van der Waals surface area (Å²) in [6.07, 6.45) is 3.78.